The van der Waals surface area contributed by atoms with Crippen LogP contribution in [0, 0.1) is 6.92 Å². The number of nitrogens with one attached hydrogen (secondary N) is 1. The SMILES string of the molecule is Cc1nc(C(=O)Nc2cccc(CN3CCSCC3)c2)nn1-c1ccccc1Cl. The number of hydrogen-bond acceptors (Lipinski definition) is 5. The van der Waals surface area contributed by atoms with Crippen LogP contribution in [0.3, 0.4) is 0 Å². The zero-order chi connectivity index (χ0) is 20.2. The minimum Gasteiger partial charge on any atom is -0.319 e. The third-order valence-electron chi connectivity index (χ3n) is 4.75. The highest BCUT2D eigenvalue weighted by molar-refractivity contribution is 7.99. The maximum atomic E-state index is 12.7. The van der Waals surface area contributed by atoms with Gasteiger partial charge < -0.3 is 5.32 Å². The van der Waals surface area contributed by atoms with E-state index in [4.69, 9.17) is 11.6 Å². The summed E-state index contributed by atoms with van der Waals surface area (Å²) in [5.41, 5.74) is 2.62. The molecule has 2 aromatic carbocycles. The highest BCUT2D eigenvalue weighted by Gasteiger charge is 2.17. The van der Waals surface area contributed by atoms with Crippen LogP contribution in [0.4, 0.5) is 5.69 Å². The van der Waals surface area contributed by atoms with Crippen LogP contribution in [0.25, 0.3) is 5.69 Å². The summed E-state index contributed by atoms with van der Waals surface area (Å²) in [5, 5.41) is 7.81. The molecule has 0 atom stereocenters. The number of aryl methyl sites for hydroxylation is 1. The topological polar surface area (TPSA) is 63.1 Å². The molecular formula is C21H22ClN5OS. The van der Waals surface area contributed by atoms with Gasteiger partial charge in [0.25, 0.3) is 5.91 Å². The second-order valence-electron chi connectivity index (χ2n) is 6.89. The van der Waals surface area contributed by atoms with Crippen molar-refractivity contribution in [3.63, 3.8) is 0 Å². The Morgan fingerprint density at radius 3 is 2.76 bits per heavy atom. The molecule has 0 bridgehead atoms. The first-order valence-electron chi connectivity index (χ1n) is 9.49. The molecule has 0 unspecified atom stereocenters. The first-order valence-corrected chi connectivity index (χ1v) is 11.0. The van der Waals surface area contributed by atoms with Gasteiger partial charge in [-0.05, 0) is 36.8 Å². The average molecular weight is 428 g/mol. The van der Waals surface area contributed by atoms with Crippen molar-refractivity contribution in [1.82, 2.24) is 19.7 Å². The van der Waals surface area contributed by atoms with Crippen LogP contribution in [-0.4, -0.2) is 50.2 Å². The number of hydrogen-bond donors (Lipinski definition) is 1. The number of aromatic nitrogens is 3. The molecule has 1 amide bonds. The van der Waals surface area contributed by atoms with Gasteiger partial charge in [-0.1, -0.05) is 35.9 Å². The maximum Gasteiger partial charge on any atom is 0.295 e. The number of anilines is 1. The summed E-state index contributed by atoms with van der Waals surface area (Å²) in [5.74, 6) is 2.72. The van der Waals surface area contributed by atoms with Crippen LogP contribution in [-0.2, 0) is 6.54 Å². The predicted molar refractivity (Wildman–Crippen MR) is 118 cm³/mol. The highest BCUT2D eigenvalue weighted by atomic mass is 35.5. The Kier molecular flexibility index (Phi) is 6.18. The number of thioether (sulfide) groups is 1. The van der Waals surface area contributed by atoms with Crippen molar-refractivity contribution in [2.24, 2.45) is 0 Å². The lowest BCUT2D eigenvalue weighted by atomic mass is 10.2. The van der Waals surface area contributed by atoms with Gasteiger partial charge in [0.2, 0.25) is 5.82 Å². The summed E-state index contributed by atoms with van der Waals surface area (Å²) in [4.78, 5) is 19.5. The van der Waals surface area contributed by atoms with E-state index in [1.807, 2.05) is 48.2 Å². The number of para-hydroxylation sites is 1. The lowest BCUT2D eigenvalue weighted by Gasteiger charge is -2.26. The van der Waals surface area contributed by atoms with Crippen molar-refractivity contribution in [2.75, 3.05) is 29.9 Å². The quantitative estimate of drug-likeness (QED) is 0.666. The van der Waals surface area contributed by atoms with Gasteiger partial charge in [0.15, 0.2) is 0 Å². The van der Waals surface area contributed by atoms with Gasteiger partial charge in [0, 0.05) is 36.8 Å². The zero-order valence-electron chi connectivity index (χ0n) is 16.1. The van der Waals surface area contributed by atoms with Gasteiger partial charge in [-0.2, -0.15) is 11.8 Å². The van der Waals surface area contributed by atoms with Gasteiger partial charge in [-0.3, -0.25) is 9.69 Å². The fourth-order valence-corrected chi connectivity index (χ4v) is 4.48. The number of carbonyl (C=O) groups excluding carboxylic acids is 1. The van der Waals surface area contributed by atoms with Crippen molar-refractivity contribution in [3.8, 4) is 5.69 Å². The summed E-state index contributed by atoms with van der Waals surface area (Å²) in [7, 11) is 0. The Hall–Kier alpha value is -2.35. The molecular weight excluding hydrogens is 406 g/mol. The molecule has 1 aromatic heterocycles. The molecule has 1 saturated heterocycles. The van der Waals surface area contributed by atoms with Crippen LogP contribution in [0.15, 0.2) is 48.5 Å². The molecule has 1 N–H and O–H groups in total. The first kappa shape index (κ1) is 19.9. The minimum atomic E-state index is -0.342. The lowest BCUT2D eigenvalue weighted by molar-refractivity contribution is 0.101. The Bertz CT molecular complexity index is 1020. The van der Waals surface area contributed by atoms with Crippen LogP contribution in [0.2, 0.25) is 5.02 Å². The zero-order valence-corrected chi connectivity index (χ0v) is 17.7. The average Bonchev–Trinajstić information content (AvgIpc) is 3.11. The Balaban J connectivity index is 1.48. The number of benzene rings is 2. The number of amides is 1. The molecule has 0 radical (unpaired) electrons. The summed E-state index contributed by atoms with van der Waals surface area (Å²) in [6.45, 7) is 4.89. The van der Waals surface area contributed by atoms with E-state index in [0.717, 1.165) is 25.3 Å². The summed E-state index contributed by atoms with van der Waals surface area (Å²) < 4.78 is 1.59. The third-order valence-corrected chi connectivity index (χ3v) is 6.01. The summed E-state index contributed by atoms with van der Waals surface area (Å²) in [6.07, 6.45) is 0. The van der Waals surface area contributed by atoms with E-state index >= 15 is 0 Å². The van der Waals surface area contributed by atoms with E-state index in [-0.39, 0.29) is 11.7 Å². The van der Waals surface area contributed by atoms with E-state index in [2.05, 4.69) is 26.4 Å². The van der Waals surface area contributed by atoms with E-state index in [1.165, 1.54) is 17.1 Å². The van der Waals surface area contributed by atoms with Crippen molar-refractivity contribution in [3.05, 3.63) is 70.8 Å². The fourth-order valence-electron chi connectivity index (χ4n) is 3.29. The van der Waals surface area contributed by atoms with Crippen molar-refractivity contribution < 1.29 is 4.79 Å². The molecule has 4 rings (SSSR count). The molecule has 1 aliphatic rings. The second kappa shape index (κ2) is 8.98. The van der Waals surface area contributed by atoms with Crippen molar-refractivity contribution >= 4 is 35.0 Å². The normalized spacial score (nSPS) is 14.7. The predicted octanol–water partition coefficient (Wildman–Crippen LogP) is 4.03. The van der Waals surface area contributed by atoms with Gasteiger partial charge in [-0.15, -0.1) is 5.10 Å². The molecule has 150 valence electrons. The standard InChI is InChI=1S/C21H22ClN5OS/c1-15-23-20(25-27(15)19-8-3-2-7-18(19)22)21(28)24-17-6-4-5-16(13-17)14-26-9-11-29-12-10-26/h2-8,13H,9-12,14H2,1H3,(H,24,28). The minimum absolute atomic E-state index is 0.112. The monoisotopic (exact) mass is 427 g/mol. The molecule has 1 aliphatic heterocycles. The van der Waals surface area contributed by atoms with Gasteiger partial charge >= 0.3 is 0 Å². The smallest absolute Gasteiger partial charge is 0.295 e. The number of rotatable bonds is 5. The number of nitrogens with zero attached hydrogens (tertiary/aromatic N) is 4. The Morgan fingerprint density at radius 1 is 1.17 bits per heavy atom. The molecule has 8 heteroatoms. The van der Waals surface area contributed by atoms with Gasteiger partial charge in [0.1, 0.15) is 5.82 Å². The van der Waals surface area contributed by atoms with Crippen LogP contribution in [0.1, 0.15) is 22.0 Å². The second-order valence-corrected chi connectivity index (χ2v) is 8.52. The molecule has 0 spiro atoms. The molecule has 29 heavy (non-hydrogen) atoms. The highest BCUT2D eigenvalue weighted by Crippen LogP contribution is 2.21. The van der Waals surface area contributed by atoms with Gasteiger partial charge in [-0.25, -0.2) is 9.67 Å². The third kappa shape index (κ3) is 4.80. The van der Waals surface area contributed by atoms with Crippen LogP contribution >= 0.6 is 23.4 Å². The van der Waals surface area contributed by atoms with Crippen LogP contribution < -0.4 is 5.32 Å². The first-order chi connectivity index (χ1) is 14.1. The van der Waals surface area contributed by atoms with Crippen molar-refractivity contribution in [1.29, 1.82) is 0 Å². The molecule has 0 aliphatic carbocycles. The molecule has 2 heterocycles. The Labute approximate surface area is 179 Å². The van der Waals surface area contributed by atoms with Crippen LogP contribution in [0.5, 0.6) is 0 Å². The summed E-state index contributed by atoms with van der Waals surface area (Å²) in [6, 6.07) is 15.3. The lowest BCUT2D eigenvalue weighted by Crippen LogP contribution is -2.31. The number of carbonyl (C=O) groups is 1. The van der Waals surface area contributed by atoms with Crippen molar-refractivity contribution in [2.45, 2.75) is 13.5 Å². The maximum absolute atomic E-state index is 12.7. The van der Waals surface area contributed by atoms with Gasteiger partial charge in [0.05, 0.1) is 10.7 Å². The summed E-state index contributed by atoms with van der Waals surface area (Å²) >= 11 is 8.25. The van der Waals surface area contributed by atoms with E-state index in [1.54, 1.807) is 17.7 Å². The van der Waals surface area contributed by atoms with E-state index in [0.29, 0.717) is 16.5 Å². The molecule has 3 aromatic rings. The number of halogens is 1. The largest absolute Gasteiger partial charge is 0.319 e. The van der Waals surface area contributed by atoms with E-state index < -0.39 is 0 Å². The molecule has 6 nitrogen and oxygen atoms in total. The Morgan fingerprint density at radius 2 is 1.97 bits per heavy atom. The molecule has 1 fully saturated rings. The molecule has 0 saturated carbocycles. The fraction of sp³-hybridized carbons (Fsp3) is 0.286. The van der Waals surface area contributed by atoms with E-state index in [9.17, 15) is 4.79 Å².